The van der Waals surface area contributed by atoms with Crippen LogP contribution in [0.3, 0.4) is 0 Å². The van der Waals surface area contributed by atoms with Crippen LogP contribution in [0.25, 0.3) is 0 Å². The molecule has 0 aromatic rings. The average molecular weight is 226 g/mol. The van der Waals surface area contributed by atoms with Gasteiger partial charge in [-0.05, 0) is 31.7 Å². The van der Waals surface area contributed by atoms with Gasteiger partial charge in [-0.3, -0.25) is 4.79 Å². The lowest BCUT2D eigenvalue weighted by Gasteiger charge is -2.26. The molecule has 2 aliphatic rings. The molecule has 92 valence electrons. The number of aliphatic hydroxyl groups is 1. The summed E-state index contributed by atoms with van der Waals surface area (Å²) in [5.74, 6) is 0.647. The van der Waals surface area contributed by atoms with E-state index >= 15 is 0 Å². The lowest BCUT2D eigenvalue weighted by atomic mass is 10.0. The molecule has 0 radical (unpaired) electrons. The Balaban J connectivity index is 1.88. The highest BCUT2D eigenvalue weighted by Gasteiger charge is 2.34. The molecule has 3 unspecified atom stereocenters. The molecule has 2 saturated heterocycles. The minimum Gasteiger partial charge on any atom is -0.394 e. The highest BCUT2D eigenvalue weighted by molar-refractivity contribution is 5.77. The van der Waals surface area contributed by atoms with Gasteiger partial charge >= 0.3 is 0 Å². The molecule has 0 aliphatic carbocycles. The van der Waals surface area contributed by atoms with Crippen LogP contribution in [0.5, 0.6) is 0 Å². The Hall–Kier alpha value is -0.610. The Kier molecular flexibility index (Phi) is 3.82. The third-order valence-corrected chi connectivity index (χ3v) is 3.97. The fourth-order valence-electron chi connectivity index (χ4n) is 2.86. The number of hydrogen-bond acceptors (Lipinski definition) is 3. The van der Waals surface area contributed by atoms with Gasteiger partial charge in [0.25, 0.3) is 0 Å². The van der Waals surface area contributed by atoms with E-state index in [1.165, 1.54) is 6.42 Å². The summed E-state index contributed by atoms with van der Waals surface area (Å²) >= 11 is 0. The SMILES string of the molecule is CC1CCN(C(=O)CC2CCCN2)C1CO. The number of hydrogen-bond donors (Lipinski definition) is 2. The van der Waals surface area contributed by atoms with Crippen LogP contribution in [0.15, 0.2) is 0 Å². The average Bonchev–Trinajstić information content (AvgIpc) is 2.87. The van der Waals surface area contributed by atoms with E-state index < -0.39 is 0 Å². The first-order chi connectivity index (χ1) is 7.72. The van der Waals surface area contributed by atoms with E-state index in [0.29, 0.717) is 18.4 Å². The van der Waals surface area contributed by atoms with Gasteiger partial charge in [-0.25, -0.2) is 0 Å². The van der Waals surface area contributed by atoms with Gasteiger partial charge in [0.2, 0.25) is 5.91 Å². The van der Waals surface area contributed by atoms with Crippen LogP contribution in [0, 0.1) is 5.92 Å². The van der Waals surface area contributed by atoms with Crippen LogP contribution in [-0.4, -0.2) is 47.7 Å². The molecule has 0 spiro atoms. The third kappa shape index (κ3) is 2.38. The lowest BCUT2D eigenvalue weighted by Crippen LogP contribution is -2.42. The summed E-state index contributed by atoms with van der Waals surface area (Å²) in [6, 6.07) is 0.414. The molecule has 2 N–H and O–H groups in total. The second kappa shape index (κ2) is 5.15. The maximum atomic E-state index is 12.1. The van der Waals surface area contributed by atoms with Gasteiger partial charge in [0.05, 0.1) is 12.6 Å². The van der Waals surface area contributed by atoms with Crippen molar-refractivity contribution in [2.75, 3.05) is 19.7 Å². The van der Waals surface area contributed by atoms with Crippen molar-refractivity contribution in [2.45, 2.75) is 44.7 Å². The predicted octanol–water partition coefficient (Wildman–Crippen LogP) is 0.358. The number of rotatable bonds is 3. The topological polar surface area (TPSA) is 52.6 Å². The zero-order valence-electron chi connectivity index (χ0n) is 9.98. The molecule has 4 heteroatoms. The van der Waals surface area contributed by atoms with Gasteiger partial charge in [0.15, 0.2) is 0 Å². The second-order valence-corrected chi connectivity index (χ2v) is 5.10. The molecule has 1 amide bonds. The number of nitrogens with one attached hydrogen (secondary N) is 1. The number of likely N-dealkylation sites (tertiary alicyclic amines) is 1. The Morgan fingerprint density at radius 3 is 2.94 bits per heavy atom. The number of nitrogens with zero attached hydrogens (tertiary/aromatic N) is 1. The van der Waals surface area contributed by atoms with Crippen LogP contribution >= 0.6 is 0 Å². The zero-order valence-corrected chi connectivity index (χ0v) is 9.98. The van der Waals surface area contributed by atoms with Crippen molar-refractivity contribution in [3.63, 3.8) is 0 Å². The van der Waals surface area contributed by atoms with Crippen molar-refractivity contribution in [1.82, 2.24) is 10.2 Å². The van der Waals surface area contributed by atoms with Gasteiger partial charge in [-0.1, -0.05) is 6.92 Å². The smallest absolute Gasteiger partial charge is 0.224 e. The van der Waals surface area contributed by atoms with Gasteiger partial charge in [0, 0.05) is 19.0 Å². The number of amides is 1. The lowest BCUT2D eigenvalue weighted by molar-refractivity contribution is -0.133. The first kappa shape index (κ1) is 11.9. The molecule has 2 aliphatic heterocycles. The summed E-state index contributed by atoms with van der Waals surface area (Å²) in [4.78, 5) is 14.0. The number of carbonyl (C=O) groups is 1. The van der Waals surface area contributed by atoms with Crippen LogP contribution in [-0.2, 0) is 4.79 Å². The van der Waals surface area contributed by atoms with Crippen molar-refractivity contribution >= 4 is 5.91 Å². The van der Waals surface area contributed by atoms with E-state index in [2.05, 4.69) is 12.2 Å². The van der Waals surface area contributed by atoms with Crippen LogP contribution < -0.4 is 5.32 Å². The van der Waals surface area contributed by atoms with Crippen molar-refractivity contribution in [2.24, 2.45) is 5.92 Å². The summed E-state index contributed by atoms with van der Waals surface area (Å²) in [6.45, 7) is 4.07. The molecule has 0 bridgehead atoms. The summed E-state index contributed by atoms with van der Waals surface area (Å²) < 4.78 is 0. The molecule has 2 fully saturated rings. The summed E-state index contributed by atoms with van der Waals surface area (Å²) in [5.41, 5.74) is 0. The maximum absolute atomic E-state index is 12.1. The van der Waals surface area contributed by atoms with E-state index in [0.717, 1.165) is 25.9 Å². The molecular formula is C12H22N2O2. The van der Waals surface area contributed by atoms with Gasteiger partial charge in [-0.15, -0.1) is 0 Å². The van der Waals surface area contributed by atoms with Crippen molar-refractivity contribution in [1.29, 1.82) is 0 Å². The van der Waals surface area contributed by atoms with Gasteiger partial charge in [0.1, 0.15) is 0 Å². The quantitative estimate of drug-likeness (QED) is 0.730. The summed E-state index contributed by atoms with van der Waals surface area (Å²) in [5, 5.41) is 12.7. The fraction of sp³-hybridized carbons (Fsp3) is 0.917. The van der Waals surface area contributed by atoms with E-state index in [1.54, 1.807) is 0 Å². The molecular weight excluding hydrogens is 204 g/mol. The van der Waals surface area contributed by atoms with E-state index in [1.807, 2.05) is 4.90 Å². The van der Waals surface area contributed by atoms with Crippen molar-refractivity contribution in [3.8, 4) is 0 Å². The minimum atomic E-state index is 0.0499. The van der Waals surface area contributed by atoms with Crippen LogP contribution in [0.4, 0.5) is 0 Å². The zero-order chi connectivity index (χ0) is 11.5. The number of aliphatic hydroxyl groups excluding tert-OH is 1. The van der Waals surface area contributed by atoms with E-state index in [-0.39, 0.29) is 18.6 Å². The Labute approximate surface area is 97.0 Å². The number of carbonyl (C=O) groups excluding carboxylic acids is 1. The van der Waals surface area contributed by atoms with E-state index in [4.69, 9.17) is 0 Å². The molecule has 2 rings (SSSR count). The fourth-order valence-corrected chi connectivity index (χ4v) is 2.86. The monoisotopic (exact) mass is 226 g/mol. The molecule has 16 heavy (non-hydrogen) atoms. The molecule has 0 aromatic heterocycles. The highest BCUT2D eigenvalue weighted by atomic mass is 16.3. The third-order valence-electron chi connectivity index (χ3n) is 3.97. The Morgan fingerprint density at radius 1 is 1.50 bits per heavy atom. The first-order valence-corrected chi connectivity index (χ1v) is 6.36. The van der Waals surface area contributed by atoms with Crippen LogP contribution in [0.2, 0.25) is 0 Å². The predicted molar refractivity (Wildman–Crippen MR) is 62.0 cm³/mol. The van der Waals surface area contributed by atoms with Crippen molar-refractivity contribution < 1.29 is 9.90 Å². The maximum Gasteiger partial charge on any atom is 0.224 e. The molecule has 3 atom stereocenters. The second-order valence-electron chi connectivity index (χ2n) is 5.10. The molecule has 2 heterocycles. The Bertz CT molecular complexity index is 251. The normalized spacial score (nSPS) is 34.6. The standard InChI is InChI=1S/C12H22N2O2/c1-9-4-6-14(11(9)8-15)12(16)7-10-3-2-5-13-10/h9-11,13,15H,2-8H2,1H3. The van der Waals surface area contributed by atoms with Gasteiger partial charge in [-0.2, -0.15) is 0 Å². The van der Waals surface area contributed by atoms with E-state index in [9.17, 15) is 9.90 Å². The van der Waals surface area contributed by atoms with Crippen molar-refractivity contribution in [3.05, 3.63) is 0 Å². The minimum absolute atomic E-state index is 0.0499. The summed E-state index contributed by atoms with van der Waals surface area (Å²) in [6.07, 6.45) is 3.91. The Morgan fingerprint density at radius 2 is 2.31 bits per heavy atom. The summed E-state index contributed by atoms with van der Waals surface area (Å²) in [7, 11) is 0. The van der Waals surface area contributed by atoms with Gasteiger partial charge < -0.3 is 15.3 Å². The molecule has 4 nitrogen and oxygen atoms in total. The van der Waals surface area contributed by atoms with Crippen LogP contribution in [0.1, 0.15) is 32.6 Å². The molecule has 0 saturated carbocycles. The first-order valence-electron chi connectivity index (χ1n) is 6.36. The molecule has 0 aromatic carbocycles. The largest absolute Gasteiger partial charge is 0.394 e. The highest BCUT2D eigenvalue weighted by Crippen LogP contribution is 2.25.